The topological polar surface area (TPSA) is 63.7 Å². The van der Waals surface area contributed by atoms with Crippen molar-refractivity contribution in [2.45, 2.75) is 13.3 Å². The van der Waals surface area contributed by atoms with Gasteiger partial charge in [-0.1, -0.05) is 0 Å². The molecular formula is C13H9F3N4OS. The standard InChI is InChI=1S/C13H9F3N4OS/c1-7-17-11(20-19-7)12-18-10(6-22-12)8-2-4-9(5-3-8)21-13(14,15)16/h2-6H,1H3,(H,17,19,20). The fraction of sp³-hybridized carbons (Fsp3) is 0.154. The van der Waals surface area contributed by atoms with E-state index >= 15 is 0 Å². The van der Waals surface area contributed by atoms with Crippen LogP contribution in [-0.2, 0) is 0 Å². The second-order valence-electron chi connectivity index (χ2n) is 4.35. The second kappa shape index (κ2) is 5.41. The first kappa shape index (κ1) is 14.5. The van der Waals surface area contributed by atoms with Crippen molar-refractivity contribution >= 4 is 11.3 Å². The molecule has 0 saturated carbocycles. The highest BCUT2D eigenvalue weighted by Crippen LogP contribution is 2.29. The molecule has 0 radical (unpaired) electrons. The molecule has 0 bridgehead atoms. The summed E-state index contributed by atoms with van der Waals surface area (Å²) in [6.07, 6.45) is -4.70. The number of ether oxygens (including phenoxy) is 1. The summed E-state index contributed by atoms with van der Waals surface area (Å²) < 4.78 is 40.2. The van der Waals surface area contributed by atoms with Gasteiger partial charge in [0.1, 0.15) is 11.6 Å². The fourth-order valence-corrected chi connectivity index (χ4v) is 2.53. The van der Waals surface area contributed by atoms with E-state index in [1.807, 2.05) is 0 Å². The third-order valence-corrected chi connectivity index (χ3v) is 3.51. The summed E-state index contributed by atoms with van der Waals surface area (Å²) in [6.45, 7) is 1.78. The number of nitrogens with zero attached hydrogens (tertiary/aromatic N) is 3. The van der Waals surface area contributed by atoms with Crippen LogP contribution < -0.4 is 4.74 Å². The van der Waals surface area contributed by atoms with E-state index in [-0.39, 0.29) is 5.75 Å². The number of benzene rings is 1. The van der Waals surface area contributed by atoms with Crippen LogP contribution in [0.25, 0.3) is 22.1 Å². The van der Waals surface area contributed by atoms with E-state index in [1.165, 1.54) is 35.6 Å². The van der Waals surface area contributed by atoms with Gasteiger partial charge in [0.05, 0.1) is 5.69 Å². The van der Waals surface area contributed by atoms with Gasteiger partial charge in [-0.25, -0.2) is 9.97 Å². The third-order valence-electron chi connectivity index (χ3n) is 2.68. The number of halogens is 3. The summed E-state index contributed by atoms with van der Waals surface area (Å²) in [5, 5.41) is 9.17. The maximum atomic E-state index is 12.1. The number of aromatic amines is 1. The highest BCUT2D eigenvalue weighted by atomic mass is 32.1. The van der Waals surface area contributed by atoms with Crippen molar-refractivity contribution in [1.29, 1.82) is 0 Å². The Labute approximate surface area is 126 Å². The molecule has 0 saturated heterocycles. The van der Waals surface area contributed by atoms with Gasteiger partial charge in [0.25, 0.3) is 0 Å². The number of aromatic nitrogens is 4. The van der Waals surface area contributed by atoms with Crippen molar-refractivity contribution in [1.82, 2.24) is 20.2 Å². The summed E-state index contributed by atoms with van der Waals surface area (Å²) in [5.41, 5.74) is 1.32. The predicted molar refractivity (Wildman–Crippen MR) is 74.3 cm³/mol. The van der Waals surface area contributed by atoms with Crippen molar-refractivity contribution in [2.75, 3.05) is 0 Å². The molecule has 2 aromatic heterocycles. The van der Waals surface area contributed by atoms with Gasteiger partial charge in [0.2, 0.25) is 5.82 Å². The van der Waals surface area contributed by atoms with Gasteiger partial charge in [-0.2, -0.15) is 5.10 Å². The van der Waals surface area contributed by atoms with Gasteiger partial charge >= 0.3 is 6.36 Å². The largest absolute Gasteiger partial charge is 0.573 e. The van der Waals surface area contributed by atoms with Crippen molar-refractivity contribution < 1.29 is 17.9 Å². The minimum atomic E-state index is -4.70. The molecule has 22 heavy (non-hydrogen) atoms. The normalized spacial score (nSPS) is 11.6. The summed E-state index contributed by atoms with van der Waals surface area (Å²) in [5.74, 6) is 0.905. The van der Waals surface area contributed by atoms with Gasteiger partial charge in [0, 0.05) is 10.9 Å². The molecule has 0 atom stereocenters. The lowest BCUT2D eigenvalue weighted by Crippen LogP contribution is -2.16. The SMILES string of the molecule is Cc1nc(-c2nc(-c3ccc(OC(F)(F)F)cc3)cs2)n[nH]1. The average molecular weight is 326 g/mol. The summed E-state index contributed by atoms with van der Waals surface area (Å²) >= 11 is 1.36. The van der Waals surface area contributed by atoms with Crippen LogP contribution in [0.15, 0.2) is 29.6 Å². The van der Waals surface area contributed by atoms with Crippen LogP contribution in [0.1, 0.15) is 5.82 Å². The molecular weight excluding hydrogens is 317 g/mol. The summed E-state index contributed by atoms with van der Waals surface area (Å²) in [4.78, 5) is 8.56. The van der Waals surface area contributed by atoms with Gasteiger partial charge in [-0.05, 0) is 31.2 Å². The molecule has 0 amide bonds. The smallest absolute Gasteiger partial charge is 0.406 e. The number of thiazole rings is 1. The average Bonchev–Trinajstić information content (AvgIpc) is 3.06. The number of hydrogen-bond donors (Lipinski definition) is 1. The van der Waals surface area contributed by atoms with Gasteiger partial charge < -0.3 is 4.74 Å². The zero-order valence-electron chi connectivity index (χ0n) is 11.2. The lowest BCUT2D eigenvalue weighted by Gasteiger charge is -2.08. The van der Waals surface area contributed by atoms with Crippen molar-refractivity contribution in [3.05, 3.63) is 35.5 Å². The van der Waals surface area contributed by atoms with E-state index in [0.29, 0.717) is 27.9 Å². The Balaban J connectivity index is 1.81. The van der Waals surface area contributed by atoms with E-state index < -0.39 is 6.36 Å². The number of H-pyrrole nitrogens is 1. The summed E-state index contributed by atoms with van der Waals surface area (Å²) in [6, 6.07) is 5.53. The zero-order valence-corrected chi connectivity index (χ0v) is 12.0. The van der Waals surface area contributed by atoms with Gasteiger partial charge in [-0.3, -0.25) is 5.10 Å². The minimum Gasteiger partial charge on any atom is -0.406 e. The van der Waals surface area contributed by atoms with Crippen LogP contribution >= 0.6 is 11.3 Å². The van der Waals surface area contributed by atoms with Gasteiger partial charge in [0.15, 0.2) is 5.01 Å². The molecule has 0 aliphatic rings. The van der Waals surface area contributed by atoms with E-state index in [1.54, 1.807) is 12.3 Å². The molecule has 5 nitrogen and oxygen atoms in total. The van der Waals surface area contributed by atoms with E-state index in [2.05, 4.69) is 24.9 Å². The third kappa shape index (κ3) is 3.25. The Bertz CT molecular complexity index is 779. The molecule has 3 rings (SSSR count). The van der Waals surface area contributed by atoms with Crippen LogP contribution in [-0.4, -0.2) is 26.5 Å². The summed E-state index contributed by atoms with van der Waals surface area (Å²) in [7, 11) is 0. The molecule has 0 aliphatic carbocycles. The Morgan fingerprint density at radius 1 is 1.14 bits per heavy atom. The van der Waals surface area contributed by atoms with Crippen LogP contribution in [0, 0.1) is 6.92 Å². The number of alkyl halides is 3. The molecule has 3 aromatic rings. The molecule has 2 heterocycles. The Kier molecular flexibility index (Phi) is 3.57. The molecule has 114 valence electrons. The molecule has 0 aliphatic heterocycles. The van der Waals surface area contributed by atoms with Crippen molar-refractivity contribution in [3.63, 3.8) is 0 Å². The molecule has 1 N–H and O–H groups in total. The van der Waals surface area contributed by atoms with Crippen molar-refractivity contribution in [2.24, 2.45) is 0 Å². The van der Waals surface area contributed by atoms with E-state index in [0.717, 1.165) is 0 Å². The molecule has 0 spiro atoms. The molecule has 0 unspecified atom stereocenters. The van der Waals surface area contributed by atoms with Gasteiger partial charge in [-0.15, -0.1) is 24.5 Å². The second-order valence-corrected chi connectivity index (χ2v) is 5.21. The maximum absolute atomic E-state index is 12.1. The highest BCUT2D eigenvalue weighted by molar-refractivity contribution is 7.13. The first-order chi connectivity index (χ1) is 10.4. The first-order valence-electron chi connectivity index (χ1n) is 6.12. The number of rotatable bonds is 3. The van der Waals surface area contributed by atoms with E-state index in [9.17, 15) is 13.2 Å². The maximum Gasteiger partial charge on any atom is 0.573 e. The number of hydrogen-bond acceptors (Lipinski definition) is 5. The van der Waals surface area contributed by atoms with Crippen molar-refractivity contribution in [3.8, 4) is 27.8 Å². The van der Waals surface area contributed by atoms with Crippen LogP contribution in [0.4, 0.5) is 13.2 Å². The molecule has 9 heteroatoms. The highest BCUT2D eigenvalue weighted by Gasteiger charge is 2.31. The first-order valence-corrected chi connectivity index (χ1v) is 7.00. The predicted octanol–water partition coefficient (Wildman–Crippen LogP) is 3.80. The quantitative estimate of drug-likeness (QED) is 0.795. The Morgan fingerprint density at radius 3 is 2.45 bits per heavy atom. The molecule has 0 fully saturated rings. The lowest BCUT2D eigenvalue weighted by molar-refractivity contribution is -0.274. The Hall–Kier alpha value is -2.42. The Morgan fingerprint density at radius 2 is 1.86 bits per heavy atom. The lowest BCUT2D eigenvalue weighted by atomic mass is 10.2. The zero-order chi connectivity index (χ0) is 15.7. The molecule has 1 aromatic carbocycles. The van der Waals surface area contributed by atoms with Crippen LogP contribution in [0.3, 0.4) is 0 Å². The number of aryl methyl sites for hydroxylation is 1. The van der Waals surface area contributed by atoms with Crippen LogP contribution in [0.5, 0.6) is 5.75 Å². The van der Waals surface area contributed by atoms with E-state index in [4.69, 9.17) is 0 Å². The monoisotopic (exact) mass is 326 g/mol. The minimum absolute atomic E-state index is 0.267. The van der Waals surface area contributed by atoms with Crippen LogP contribution in [0.2, 0.25) is 0 Å². The number of nitrogens with one attached hydrogen (secondary N) is 1. The fourth-order valence-electron chi connectivity index (χ4n) is 1.77.